The Bertz CT molecular complexity index is 1000. The number of hydrogen-bond donors (Lipinski definition) is 3. The van der Waals surface area contributed by atoms with E-state index in [0.717, 1.165) is 4.57 Å². The van der Waals surface area contributed by atoms with E-state index in [1.54, 1.807) is 0 Å². The number of alkyl halides is 3. The molecular weight excluding hydrogens is 347 g/mol. The van der Waals surface area contributed by atoms with E-state index in [-0.39, 0.29) is 21.9 Å². The topological polar surface area (TPSA) is 83.0 Å². The summed E-state index contributed by atoms with van der Waals surface area (Å²) in [6.07, 6.45) is -4.43. The summed E-state index contributed by atoms with van der Waals surface area (Å²) in [5, 5.41) is 9.43. The molecule has 0 saturated heterocycles. The molecule has 0 unspecified atom stereocenters. The van der Waals surface area contributed by atoms with Gasteiger partial charge in [-0.2, -0.15) is 13.2 Å². The molecule has 24 heavy (non-hydrogen) atoms. The maximum Gasteiger partial charge on any atom is 0.422 e. The minimum absolute atomic E-state index is 0.0117. The standard InChI is InChI=1S/C14H10F3N3O3S/c15-14(16,17)6-23-8-3-1-7(2-4-8)20-12(22)11-9(18-13(20)24)5-10(21)19-11/h1-5,19,21H,6H2,(H,18,24). The van der Waals surface area contributed by atoms with Gasteiger partial charge in [0.25, 0.3) is 5.56 Å². The zero-order valence-corrected chi connectivity index (χ0v) is 12.7. The summed E-state index contributed by atoms with van der Waals surface area (Å²) >= 11 is 5.12. The Balaban J connectivity index is 1.99. The van der Waals surface area contributed by atoms with Gasteiger partial charge in [-0.15, -0.1) is 0 Å². The molecule has 0 aliphatic rings. The summed E-state index contributed by atoms with van der Waals surface area (Å²) in [5.41, 5.74) is 0.317. The highest BCUT2D eigenvalue weighted by Crippen LogP contribution is 2.20. The average molecular weight is 357 g/mol. The number of aromatic hydroxyl groups is 1. The Labute approximate surface area is 137 Å². The van der Waals surface area contributed by atoms with Crippen LogP contribution < -0.4 is 10.3 Å². The number of H-pyrrole nitrogens is 2. The first kappa shape index (κ1) is 16.1. The molecule has 0 atom stereocenters. The van der Waals surface area contributed by atoms with E-state index < -0.39 is 18.3 Å². The van der Waals surface area contributed by atoms with Gasteiger partial charge in [0.1, 0.15) is 11.3 Å². The van der Waals surface area contributed by atoms with E-state index in [1.807, 2.05) is 0 Å². The van der Waals surface area contributed by atoms with Crippen molar-refractivity contribution >= 4 is 23.3 Å². The van der Waals surface area contributed by atoms with Crippen LogP contribution in [0.4, 0.5) is 13.2 Å². The Kier molecular flexibility index (Phi) is 3.84. The van der Waals surface area contributed by atoms with E-state index in [0.29, 0.717) is 11.2 Å². The average Bonchev–Trinajstić information content (AvgIpc) is 2.86. The molecule has 10 heteroatoms. The minimum atomic E-state index is -4.43. The van der Waals surface area contributed by atoms with Crippen LogP contribution >= 0.6 is 12.2 Å². The van der Waals surface area contributed by atoms with Gasteiger partial charge in [0.15, 0.2) is 17.3 Å². The summed E-state index contributed by atoms with van der Waals surface area (Å²) in [6.45, 7) is -1.40. The van der Waals surface area contributed by atoms with Gasteiger partial charge in [0.05, 0.1) is 11.2 Å². The van der Waals surface area contributed by atoms with Crippen LogP contribution in [0, 0.1) is 4.77 Å². The Morgan fingerprint density at radius 1 is 1.21 bits per heavy atom. The number of rotatable bonds is 3. The Morgan fingerprint density at radius 3 is 2.50 bits per heavy atom. The monoisotopic (exact) mass is 357 g/mol. The number of fused-ring (bicyclic) bond motifs is 1. The molecule has 2 heterocycles. The fourth-order valence-corrected chi connectivity index (χ4v) is 2.47. The first-order chi connectivity index (χ1) is 11.2. The molecule has 126 valence electrons. The van der Waals surface area contributed by atoms with E-state index in [2.05, 4.69) is 14.7 Å². The normalized spacial score (nSPS) is 11.8. The molecule has 0 fully saturated rings. The molecule has 0 amide bonds. The predicted molar refractivity (Wildman–Crippen MR) is 82.3 cm³/mol. The van der Waals surface area contributed by atoms with Gasteiger partial charge in [-0.25, -0.2) is 0 Å². The Morgan fingerprint density at radius 2 is 1.88 bits per heavy atom. The maximum atomic E-state index is 12.5. The number of nitrogens with zero attached hydrogens (tertiary/aromatic N) is 1. The fourth-order valence-electron chi connectivity index (χ4n) is 2.17. The van der Waals surface area contributed by atoms with Crippen LogP contribution in [0.5, 0.6) is 11.6 Å². The third kappa shape index (κ3) is 3.13. The highest BCUT2D eigenvalue weighted by molar-refractivity contribution is 7.71. The third-order valence-corrected chi connectivity index (χ3v) is 3.45. The van der Waals surface area contributed by atoms with E-state index >= 15 is 0 Å². The van der Waals surface area contributed by atoms with Gasteiger partial charge in [-0.1, -0.05) is 0 Å². The van der Waals surface area contributed by atoms with Crippen LogP contribution in [0.1, 0.15) is 0 Å². The zero-order valence-electron chi connectivity index (χ0n) is 11.8. The minimum Gasteiger partial charge on any atom is -0.495 e. The maximum absolute atomic E-state index is 12.5. The third-order valence-electron chi connectivity index (χ3n) is 3.16. The van der Waals surface area contributed by atoms with Crippen molar-refractivity contribution in [3.05, 3.63) is 45.5 Å². The second-order valence-corrected chi connectivity index (χ2v) is 5.30. The van der Waals surface area contributed by atoms with Gasteiger partial charge < -0.3 is 19.8 Å². The molecule has 3 aromatic rings. The molecule has 0 aliphatic carbocycles. The summed E-state index contributed by atoms with van der Waals surface area (Å²) in [4.78, 5) is 17.8. The van der Waals surface area contributed by atoms with Crippen LogP contribution in [0.3, 0.4) is 0 Å². The van der Waals surface area contributed by atoms with Crippen molar-refractivity contribution in [3.63, 3.8) is 0 Å². The molecule has 0 bridgehead atoms. The van der Waals surface area contributed by atoms with Crippen molar-refractivity contribution in [2.75, 3.05) is 6.61 Å². The summed E-state index contributed by atoms with van der Waals surface area (Å²) in [7, 11) is 0. The van der Waals surface area contributed by atoms with Crippen LogP contribution in [-0.2, 0) is 0 Å². The molecule has 0 radical (unpaired) electrons. The van der Waals surface area contributed by atoms with Crippen molar-refractivity contribution in [2.24, 2.45) is 0 Å². The largest absolute Gasteiger partial charge is 0.495 e. The molecule has 3 rings (SSSR count). The molecular formula is C14H10F3N3O3S. The van der Waals surface area contributed by atoms with Crippen molar-refractivity contribution in [3.8, 4) is 17.3 Å². The first-order valence-corrected chi connectivity index (χ1v) is 7.02. The molecule has 0 spiro atoms. The quantitative estimate of drug-likeness (QED) is 0.629. The second kappa shape index (κ2) is 5.71. The lowest BCUT2D eigenvalue weighted by atomic mass is 10.3. The van der Waals surface area contributed by atoms with Crippen LogP contribution in [0.2, 0.25) is 0 Å². The number of aromatic amines is 2. The highest BCUT2D eigenvalue weighted by Gasteiger charge is 2.28. The van der Waals surface area contributed by atoms with Crippen molar-refractivity contribution in [1.29, 1.82) is 0 Å². The molecule has 0 aliphatic heterocycles. The number of halogens is 3. The highest BCUT2D eigenvalue weighted by atomic mass is 32.1. The van der Waals surface area contributed by atoms with Gasteiger partial charge >= 0.3 is 6.18 Å². The van der Waals surface area contributed by atoms with E-state index in [1.165, 1.54) is 30.3 Å². The fraction of sp³-hybridized carbons (Fsp3) is 0.143. The summed E-state index contributed by atoms with van der Waals surface area (Å²) in [6, 6.07) is 6.75. The van der Waals surface area contributed by atoms with Crippen LogP contribution in [0.25, 0.3) is 16.7 Å². The number of hydrogen-bond acceptors (Lipinski definition) is 4. The number of nitrogens with one attached hydrogen (secondary N) is 2. The summed E-state index contributed by atoms with van der Waals surface area (Å²) in [5.74, 6) is -0.181. The molecule has 2 aromatic heterocycles. The molecule has 6 nitrogen and oxygen atoms in total. The molecule has 0 saturated carbocycles. The Hall–Kier alpha value is -2.75. The van der Waals surface area contributed by atoms with Crippen LogP contribution in [0.15, 0.2) is 35.1 Å². The number of benzene rings is 1. The number of aromatic nitrogens is 3. The lowest BCUT2D eigenvalue weighted by Gasteiger charge is -2.10. The van der Waals surface area contributed by atoms with Crippen molar-refractivity contribution < 1.29 is 23.0 Å². The lowest BCUT2D eigenvalue weighted by Crippen LogP contribution is -2.21. The summed E-state index contributed by atoms with van der Waals surface area (Å²) < 4.78 is 42.2. The smallest absolute Gasteiger partial charge is 0.422 e. The second-order valence-electron chi connectivity index (χ2n) is 4.91. The predicted octanol–water partition coefficient (Wildman–Crippen LogP) is 3.02. The zero-order chi connectivity index (χ0) is 17.5. The molecule has 3 N–H and O–H groups in total. The van der Waals surface area contributed by atoms with Gasteiger partial charge in [-0.3, -0.25) is 9.36 Å². The van der Waals surface area contributed by atoms with Crippen LogP contribution in [-0.4, -0.2) is 32.4 Å². The van der Waals surface area contributed by atoms with Gasteiger partial charge in [-0.05, 0) is 36.5 Å². The van der Waals surface area contributed by atoms with Crippen molar-refractivity contribution in [1.82, 2.24) is 14.5 Å². The SMILES string of the molecule is O=c1c2[nH]c(O)cc2[nH]c(=S)n1-c1ccc(OCC(F)(F)F)cc1. The van der Waals surface area contributed by atoms with E-state index in [4.69, 9.17) is 12.2 Å². The lowest BCUT2D eigenvalue weighted by molar-refractivity contribution is -0.153. The molecule has 1 aromatic carbocycles. The number of ether oxygens (including phenoxy) is 1. The van der Waals surface area contributed by atoms with Gasteiger partial charge in [0.2, 0.25) is 0 Å². The van der Waals surface area contributed by atoms with E-state index in [9.17, 15) is 23.1 Å². The first-order valence-electron chi connectivity index (χ1n) is 6.61. The van der Waals surface area contributed by atoms with Gasteiger partial charge in [0, 0.05) is 6.07 Å². The van der Waals surface area contributed by atoms with Crippen molar-refractivity contribution in [2.45, 2.75) is 6.18 Å².